The van der Waals surface area contributed by atoms with Crippen LogP contribution >= 0.6 is 27.7 Å². The summed E-state index contributed by atoms with van der Waals surface area (Å²) in [6.45, 7) is 4.95. The molecule has 1 heterocycles. The molecule has 5 rings (SSSR count). The number of fused-ring (bicyclic) bond motifs is 1. The molecule has 1 N–H and O–H groups in total. The van der Waals surface area contributed by atoms with Crippen molar-refractivity contribution in [3.05, 3.63) is 105 Å². The van der Waals surface area contributed by atoms with Gasteiger partial charge in [-0.3, -0.25) is 4.79 Å². The van der Waals surface area contributed by atoms with Gasteiger partial charge in [-0.25, -0.2) is 4.99 Å². The van der Waals surface area contributed by atoms with Gasteiger partial charge in [-0.05, 0) is 89.0 Å². The summed E-state index contributed by atoms with van der Waals surface area (Å²) in [5, 5.41) is 5.79. The van der Waals surface area contributed by atoms with Crippen molar-refractivity contribution in [3.8, 4) is 11.5 Å². The summed E-state index contributed by atoms with van der Waals surface area (Å²) in [5.41, 5.74) is 3.94. The van der Waals surface area contributed by atoms with Crippen LogP contribution in [-0.2, 0) is 17.8 Å². The van der Waals surface area contributed by atoms with Crippen LogP contribution in [0.2, 0.25) is 0 Å². The lowest BCUT2D eigenvalue weighted by atomic mass is 10.1. The first kappa shape index (κ1) is 26.1. The molecule has 0 spiro atoms. The van der Waals surface area contributed by atoms with Gasteiger partial charge in [-0.2, -0.15) is 0 Å². The quantitative estimate of drug-likeness (QED) is 0.212. The number of nitrogens with one attached hydrogen (secondary N) is 1. The molecule has 192 valence electrons. The molecular weight excluding hydrogens is 560 g/mol. The summed E-state index contributed by atoms with van der Waals surface area (Å²) in [4.78, 5) is 17.8. The average Bonchev–Trinajstić information content (AvgIpc) is 3.28. The second-order valence-corrected chi connectivity index (χ2v) is 10.6. The molecule has 0 unspecified atom stereocenters. The van der Waals surface area contributed by atoms with Gasteiger partial charge >= 0.3 is 0 Å². The number of halogens is 1. The second kappa shape index (κ2) is 11.9. The molecule has 0 radical (unpaired) electrons. The molecule has 7 heteroatoms. The molecule has 4 aromatic carbocycles. The molecule has 4 aromatic rings. The lowest BCUT2D eigenvalue weighted by Crippen LogP contribution is -2.19. The minimum Gasteiger partial charge on any atom is -0.490 e. The van der Waals surface area contributed by atoms with Gasteiger partial charge < -0.3 is 14.8 Å². The first-order valence-electron chi connectivity index (χ1n) is 12.5. The molecule has 1 aliphatic heterocycles. The lowest BCUT2D eigenvalue weighted by molar-refractivity contribution is -0.115. The Labute approximate surface area is 235 Å². The van der Waals surface area contributed by atoms with Gasteiger partial charge in [0, 0.05) is 4.47 Å². The number of hydrogen-bond acceptors (Lipinski definition) is 5. The maximum Gasteiger partial charge on any atom is 0.264 e. The minimum absolute atomic E-state index is 0.180. The highest BCUT2D eigenvalue weighted by atomic mass is 79.9. The summed E-state index contributed by atoms with van der Waals surface area (Å²) < 4.78 is 12.9. The maximum absolute atomic E-state index is 12.7. The fraction of sp³-hybridized carbons (Fsp3) is 0.161. The van der Waals surface area contributed by atoms with Gasteiger partial charge in [-0.1, -0.05) is 71.4 Å². The molecule has 0 saturated carbocycles. The fourth-order valence-corrected chi connectivity index (χ4v) is 5.35. The van der Waals surface area contributed by atoms with Crippen molar-refractivity contribution in [3.63, 3.8) is 0 Å². The smallest absolute Gasteiger partial charge is 0.264 e. The van der Waals surface area contributed by atoms with E-state index in [0.29, 0.717) is 34.8 Å². The molecule has 1 saturated heterocycles. The molecule has 1 fully saturated rings. The monoisotopic (exact) mass is 586 g/mol. The van der Waals surface area contributed by atoms with Crippen molar-refractivity contribution in [2.75, 3.05) is 6.61 Å². The van der Waals surface area contributed by atoms with Crippen LogP contribution in [0.15, 0.2) is 93.2 Å². The van der Waals surface area contributed by atoms with Gasteiger partial charge in [-0.15, -0.1) is 0 Å². The largest absolute Gasteiger partial charge is 0.490 e. The molecule has 1 aliphatic rings. The number of ether oxygens (including phenoxy) is 2. The molecule has 0 aliphatic carbocycles. The van der Waals surface area contributed by atoms with E-state index in [0.717, 1.165) is 27.7 Å². The predicted octanol–water partition coefficient (Wildman–Crippen LogP) is 8.03. The van der Waals surface area contributed by atoms with Crippen molar-refractivity contribution < 1.29 is 14.3 Å². The van der Waals surface area contributed by atoms with E-state index in [1.165, 1.54) is 28.1 Å². The zero-order valence-electron chi connectivity index (χ0n) is 21.2. The number of carbonyl (C=O) groups is 1. The molecule has 0 aromatic heterocycles. The van der Waals surface area contributed by atoms with Gasteiger partial charge in [0.1, 0.15) is 6.61 Å². The molecule has 1 amide bonds. The SMILES string of the molecule is CCOc1cc(/C=C2\SC(=Nc3ccc(CC)cc3)NC2=O)c(Br)cc1OCc1ccc2ccccc2c1. The van der Waals surface area contributed by atoms with Crippen LogP contribution in [0, 0.1) is 0 Å². The zero-order valence-corrected chi connectivity index (χ0v) is 23.6. The van der Waals surface area contributed by atoms with Gasteiger partial charge in [0.25, 0.3) is 5.91 Å². The average molecular weight is 588 g/mol. The highest BCUT2D eigenvalue weighted by Gasteiger charge is 2.24. The van der Waals surface area contributed by atoms with E-state index in [-0.39, 0.29) is 5.91 Å². The van der Waals surface area contributed by atoms with Crippen LogP contribution in [0.4, 0.5) is 5.69 Å². The third kappa shape index (κ3) is 6.11. The predicted molar refractivity (Wildman–Crippen MR) is 160 cm³/mol. The van der Waals surface area contributed by atoms with E-state index in [1.807, 2.05) is 61.5 Å². The summed E-state index contributed by atoms with van der Waals surface area (Å²) in [6, 6.07) is 26.4. The van der Waals surface area contributed by atoms with Gasteiger partial charge in [0.2, 0.25) is 0 Å². The number of aryl methyl sites for hydroxylation is 1. The van der Waals surface area contributed by atoms with Crippen molar-refractivity contribution >= 4 is 61.3 Å². The van der Waals surface area contributed by atoms with Gasteiger partial charge in [0.15, 0.2) is 16.7 Å². The second-order valence-electron chi connectivity index (χ2n) is 8.73. The number of nitrogens with zero attached hydrogens (tertiary/aromatic N) is 1. The summed E-state index contributed by atoms with van der Waals surface area (Å²) in [5.74, 6) is 1.08. The molecule has 38 heavy (non-hydrogen) atoms. The van der Waals surface area contributed by atoms with Crippen LogP contribution in [0.25, 0.3) is 16.8 Å². The molecule has 0 bridgehead atoms. The molecule has 5 nitrogen and oxygen atoms in total. The number of benzene rings is 4. The van der Waals surface area contributed by atoms with E-state index in [4.69, 9.17) is 9.47 Å². The highest BCUT2D eigenvalue weighted by Crippen LogP contribution is 2.37. The Morgan fingerprint density at radius 2 is 1.63 bits per heavy atom. The number of thioether (sulfide) groups is 1. The summed E-state index contributed by atoms with van der Waals surface area (Å²) >= 11 is 4.97. The Morgan fingerprint density at radius 3 is 2.39 bits per heavy atom. The first-order valence-corrected chi connectivity index (χ1v) is 14.1. The van der Waals surface area contributed by atoms with E-state index in [9.17, 15) is 4.79 Å². The Hall–Kier alpha value is -3.55. The fourth-order valence-electron chi connectivity index (χ4n) is 4.08. The Kier molecular flexibility index (Phi) is 8.15. The van der Waals surface area contributed by atoms with Crippen LogP contribution in [0.3, 0.4) is 0 Å². The summed E-state index contributed by atoms with van der Waals surface area (Å²) in [7, 11) is 0. The van der Waals surface area contributed by atoms with Crippen molar-refractivity contribution in [2.24, 2.45) is 4.99 Å². The number of amidine groups is 1. The third-order valence-electron chi connectivity index (χ3n) is 6.08. The topological polar surface area (TPSA) is 59.9 Å². The van der Waals surface area contributed by atoms with Crippen LogP contribution in [0.1, 0.15) is 30.5 Å². The molecular formula is C31H27BrN2O3S. The lowest BCUT2D eigenvalue weighted by Gasteiger charge is -2.14. The van der Waals surface area contributed by atoms with Crippen molar-refractivity contribution in [2.45, 2.75) is 26.9 Å². The zero-order chi connectivity index (χ0) is 26.5. The summed E-state index contributed by atoms with van der Waals surface area (Å²) in [6.07, 6.45) is 2.81. The third-order valence-corrected chi connectivity index (χ3v) is 7.68. The Bertz CT molecular complexity index is 1550. The molecule has 0 atom stereocenters. The van der Waals surface area contributed by atoms with Crippen LogP contribution in [-0.4, -0.2) is 17.7 Å². The van der Waals surface area contributed by atoms with Crippen molar-refractivity contribution in [1.82, 2.24) is 5.32 Å². The van der Waals surface area contributed by atoms with Crippen LogP contribution < -0.4 is 14.8 Å². The Balaban J connectivity index is 1.35. The minimum atomic E-state index is -0.180. The van der Waals surface area contributed by atoms with Gasteiger partial charge in [0.05, 0.1) is 17.2 Å². The van der Waals surface area contributed by atoms with Crippen LogP contribution in [0.5, 0.6) is 11.5 Å². The number of hydrogen-bond donors (Lipinski definition) is 1. The number of carbonyl (C=O) groups excluding carboxylic acids is 1. The maximum atomic E-state index is 12.7. The number of amides is 1. The number of aliphatic imine (C=N–C) groups is 1. The van der Waals surface area contributed by atoms with Crippen molar-refractivity contribution in [1.29, 1.82) is 0 Å². The highest BCUT2D eigenvalue weighted by molar-refractivity contribution is 9.10. The Morgan fingerprint density at radius 1 is 0.895 bits per heavy atom. The first-order chi connectivity index (χ1) is 18.5. The normalized spacial score (nSPS) is 15.3. The van der Waals surface area contributed by atoms with E-state index in [2.05, 4.69) is 63.5 Å². The van der Waals surface area contributed by atoms with E-state index in [1.54, 1.807) is 0 Å². The van der Waals surface area contributed by atoms with E-state index < -0.39 is 0 Å². The van der Waals surface area contributed by atoms with E-state index >= 15 is 0 Å². The standard InChI is InChI=1S/C31H27BrN2O3S/c1-3-20-10-13-25(14-11-20)33-31-34-30(35)29(38-31)17-24-16-27(36-4-2)28(18-26(24)32)37-19-21-9-12-22-7-5-6-8-23(22)15-21/h5-18H,3-4,19H2,1-2H3,(H,33,34,35)/b29-17-. The number of rotatable bonds is 8.